The Morgan fingerprint density at radius 2 is 1.72 bits per heavy atom. The average molecular weight is 556 g/mol. The van der Waals surface area contributed by atoms with Gasteiger partial charge >= 0.3 is 0 Å². The molecule has 0 bridgehead atoms. The monoisotopic (exact) mass is 555 g/mol. The summed E-state index contributed by atoms with van der Waals surface area (Å²) in [6.45, 7) is 4.40. The summed E-state index contributed by atoms with van der Waals surface area (Å²) in [5, 5.41) is 16.6. The van der Waals surface area contributed by atoms with Crippen LogP contribution in [0.1, 0.15) is 19.4 Å². The smallest absolute Gasteiger partial charge is 0.250 e. The number of amides is 1. The van der Waals surface area contributed by atoms with Crippen LogP contribution in [0.15, 0.2) is 101 Å². The Kier molecular flexibility index (Phi) is 8.24. The van der Waals surface area contributed by atoms with Crippen LogP contribution in [0.5, 0.6) is 5.75 Å². The number of thioether (sulfide) groups is 1. The summed E-state index contributed by atoms with van der Waals surface area (Å²) in [6.07, 6.45) is 0. The number of hydrazone groups is 1. The highest BCUT2D eigenvalue weighted by Gasteiger charge is 2.17. The van der Waals surface area contributed by atoms with Crippen LogP contribution >= 0.6 is 23.4 Å². The molecule has 0 aliphatic rings. The van der Waals surface area contributed by atoms with E-state index in [0.29, 0.717) is 22.6 Å². The first kappa shape index (κ1) is 26.5. The van der Waals surface area contributed by atoms with Crippen molar-refractivity contribution in [3.05, 3.63) is 102 Å². The maximum atomic E-state index is 12.7. The number of carbonyl (C=O) groups is 1. The molecule has 4 aromatic carbocycles. The van der Waals surface area contributed by atoms with Gasteiger partial charge in [0.1, 0.15) is 5.75 Å². The van der Waals surface area contributed by atoms with Gasteiger partial charge in [-0.2, -0.15) is 5.10 Å². The molecule has 0 aliphatic heterocycles. The van der Waals surface area contributed by atoms with Gasteiger partial charge in [-0.05, 0) is 84.8 Å². The van der Waals surface area contributed by atoms with Crippen LogP contribution in [0.4, 0.5) is 0 Å². The van der Waals surface area contributed by atoms with E-state index < -0.39 is 0 Å². The zero-order chi connectivity index (χ0) is 27.2. The molecule has 1 amide bonds. The molecule has 1 heterocycles. The van der Waals surface area contributed by atoms with Crippen molar-refractivity contribution in [2.24, 2.45) is 5.10 Å². The zero-order valence-electron chi connectivity index (χ0n) is 21.5. The van der Waals surface area contributed by atoms with Gasteiger partial charge in [-0.15, -0.1) is 10.2 Å². The summed E-state index contributed by atoms with van der Waals surface area (Å²) in [6, 6.07) is 29.3. The van der Waals surface area contributed by atoms with E-state index in [-0.39, 0.29) is 11.7 Å². The third-order valence-corrected chi connectivity index (χ3v) is 7.17. The normalized spacial score (nSPS) is 11.5. The van der Waals surface area contributed by atoms with Crippen LogP contribution in [0.25, 0.3) is 27.8 Å². The number of aromatic nitrogens is 3. The minimum Gasteiger partial charge on any atom is -0.494 e. The number of carbonyl (C=O) groups excluding carboxylic acids is 1. The van der Waals surface area contributed by atoms with E-state index in [9.17, 15) is 4.79 Å². The van der Waals surface area contributed by atoms with Gasteiger partial charge in [0.05, 0.1) is 18.1 Å². The maximum absolute atomic E-state index is 12.7. The quantitative estimate of drug-likeness (QED) is 0.123. The number of halogens is 1. The van der Waals surface area contributed by atoms with E-state index >= 15 is 0 Å². The SMILES string of the molecule is CCOc1ccc(-n2c(SCC(=O)N/N=C(\C)c3ccc4ccccc4c3)nnc2-c2ccc(Cl)cc2)cc1. The molecule has 0 fully saturated rings. The molecule has 0 saturated carbocycles. The lowest BCUT2D eigenvalue weighted by Crippen LogP contribution is -2.21. The highest BCUT2D eigenvalue weighted by Crippen LogP contribution is 2.29. The van der Waals surface area contributed by atoms with Crippen molar-refractivity contribution in [3.63, 3.8) is 0 Å². The molecule has 1 N–H and O–H groups in total. The average Bonchev–Trinajstić information content (AvgIpc) is 3.39. The van der Waals surface area contributed by atoms with E-state index in [4.69, 9.17) is 16.3 Å². The molecule has 1 aromatic heterocycles. The second kappa shape index (κ2) is 12.1. The predicted octanol–water partition coefficient (Wildman–Crippen LogP) is 6.77. The van der Waals surface area contributed by atoms with Gasteiger partial charge in [0, 0.05) is 16.3 Å². The number of rotatable bonds is 9. The maximum Gasteiger partial charge on any atom is 0.250 e. The van der Waals surface area contributed by atoms with Crippen molar-refractivity contribution in [3.8, 4) is 22.8 Å². The van der Waals surface area contributed by atoms with Crippen molar-refractivity contribution in [2.45, 2.75) is 19.0 Å². The lowest BCUT2D eigenvalue weighted by Gasteiger charge is -2.11. The lowest BCUT2D eigenvalue weighted by atomic mass is 10.0. The summed E-state index contributed by atoms with van der Waals surface area (Å²) < 4.78 is 7.51. The van der Waals surface area contributed by atoms with Gasteiger partial charge in [-0.1, -0.05) is 59.8 Å². The van der Waals surface area contributed by atoms with Crippen molar-refractivity contribution >= 4 is 45.8 Å². The van der Waals surface area contributed by atoms with E-state index in [1.165, 1.54) is 11.8 Å². The molecule has 9 heteroatoms. The number of fused-ring (bicyclic) bond motifs is 1. The fourth-order valence-electron chi connectivity index (χ4n) is 4.03. The number of hydrogen-bond donors (Lipinski definition) is 1. The molecule has 0 radical (unpaired) electrons. The molecule has 0 spiro atoms. The van der Waals surface area contributed by atoms with Crippen molar-refractivity contribution in [1.82, 2.24) is 20.2 Å². The molecule has 39 heavy (non-hydrogen) atoms. The van der Waals surface area contributed by atoms with Gasteiger partial charge in [0.2, 0.25) is 0 Å². The highest BCUT2D eigenvalue weighted by molar-refractivity contribution is 7.99. The molecular weight excluding hydrogens is 530 g/mol. The van der Waals surface area contributed by atoms with E-state index in [1.807, 2.05) is 91.2 Å². The standard InChI is InChI=1S/C30H26ClN5O2S/c1-3-38-27-16-14-26(15-17-27)36-29(22-10-12-25(31)13-11-22)34-35-30(36)39-19-28(37)33-32-20(2)23-9-8-21-6-4-5-7-24(21)18-23/h4-18H,3,19H2,1-2H3,(H,33,37)/b32-20+. The number of nitrogens with zero attached hydrogens (tertiary/aromatic N) is 4. The Morgan fingerprint density at radius 1 is 0.974 bits per heavy atom. The number of ether oxygens (including phenoxy) is 1. The fraction of sp³-hybridized carbons (Fsp3) is 0.133. The van der Waals surface area contributed by atoms with Crippen LogP contribution in [-0.4, -0.2) is 38.7 Å². The fourth-order valence-corrected chi connectivity index (χ4v) is 4.90. The first-order valence-electron chi connectivity index (χ1n) is 12.4. The first-order chi connectivity index (χ1) is 19.0. The highest BCUT2D eigenvalue weighted by atomic mass is 35.5. The lowest BCUT2D eigenvalue weighted by molar-refractivity contribution is -0.118. The molecule has 0 saturated heterocycles. The van der Waals surface area contributed by atoms with Crippen LogP contribution < -0.4 is 10.2 Å². The first-order valence-corrected chi connectivity index (χ1v) is 13.8. The second-order valence-corrected chi connectivity index (χ2v) is 10.0. The Bertz CT molecular complexity index is 1630. The van der Waals surface area contributed by atoms with Crippen LogP contribution in [-0.2, 0) is 4.79 Å². The van der Waals surface area contributed by atoms with Gasteiger partial charge in [-0.25, -0.2) is 5.43 Å². The largest absolute Gasteiger partial charge is 0.494 e. The topological polar surface area (TPSA) is 81.4 Å². The third kappa shape index (κ3) is 6.30. The Morgan fingerprint density at radius 3 is 2.46 bits per heavy atom. The molecule has 5 rings (SSSR count). The number of nitrogens with one attached hydrogen (secondary N) is 1. The predicted molar refractivity (Wildman–Crippen MR) is 158 cm³/mol. The zero-order valence-corrected chi connectivity index (χ0v) is 23.0. The van der Waals surface area contributed by atoms with Crippen molar-refractivity contribution < 1.29 is 9.53 Å². The molecule has 196 valence electrons. The van der Waals surface area contributed by atoms with E-state index in [0.717, 1.165) is 39.0 Å². The van der Waals surface area contributed by atoms with Gasteiger partial charge in [0.25, 0.3) is 5.91 Å². The molecule has 0 unspecified atom stereocenters. The van der Waals surface area contributed by atoms with Gasteiger partial charge in [0.15, 0.2) is 11.0 Å². The summed E-state index contributed by atoms with van der Waals surface area (Å²) in [4.78, 5) is 12.7. The molecule has 7 nitrogen and oxygen atoms in total. The number of hydrogen-bond acceptors (Lipinski definition) is 6. The van der Waals surface area contributed by atoms with Gasteiger partial charge in [-0.3, -0.25) is 9.36 Å². The molecular formula is C30H26ClN5O2S. The summed E-state index contributed by atoms with van der Waals surface area (Å²) in [7, 11) is 0. The second-order valence-electron chi connectivity index (χ2n) is 8.66. The minimum atomic E-state index is -0.241. The molecule has 0 aliphatic carbocycles. The summed E-state index contributed by atoms with van der Waals surface area (Å²) in [5.41, 5.74) is 6.04. The van der Waals surface area contributed by atoms with Crippen LogP contribution in [0.3, 0.4) is 0 Å². The summed E-state index contributed by atoms with van der Waals surface area (Å²) in [5.74, 6) is 1.29. The Hall–Kier alpha value is -4.14. The number of benzene rings is 4. The Labute approximate surface area is 235 Å². The minimum absolute atomic E-state index is 0.115. The van der Waals surface area contributed by atoms with Crippen LogP contribution in [0.2, 0.25) is 5.02 Å². The van der Waals surface area contributed by atoms with Crippen LogP contribution in [0, 0.1) is 0 Å². The van der Waals surface area contributed by atoms with E-state index in [1.54, 1.807) is 0 Å². The Balaban J connectivity index is 1.33. The summed E-state index contributed by atoms with van der Waals surface area (Å²) >= 11 is 7.38. The molecule has 0 atom stereocenters. The van der Waals surface area contributed by atoms with Crippen molar-refractivity contribution in [1.29, 1.82) is 0 Å². The molecule has 5 aromatic rings. The van der Waals surface area contributed by atoms with Crippen molar-refractivity contribution in [2.75, 3.05) is 12.4 Å². The van der Waals surface area contributed by atoms with E-state index in [2.05, 4.69) is 38.9 Å². The van der Waals surface area contributed by atoms with Gasteiger partial charge < -0.3 is 4.74 Å². The third-order valence-electron chi connectivity index (χ3n) is 5.99.